The number of anilines is 2. The third kappa shape index (κ3) is 38.7. The van der Waals surface area contributed by atoms with Crippen LogP contribution in [0.25, 0.3) is 63.1 Å². The maximum absolute atomic E-state index is 15.4. The second-order valence-electron chi connectivity index (χ2n) is 34.6. The van der Waals surface area contributed by atoms with Crippen LogP contribution in [-0.4, -0.2) is 176 Å². The minimum atomic E-state index is -2.24. The number of fused-ring (bicyclic) bond motifs is 4. The number of Topliss-reactive ketones (excluding diaryl/α,β-unsaturated/α-hetero) is 3. The number of nitrogens with zero attached hydrogens (tertiary/aromatic N) is 9. The van der Waals surface area contributed by atoms with Crippen molar-refractivity contribution < 1.29 is 80.0 Å². The van der Waals surface area contributed by atoms with Crippen LogP contribution in [-0.2, 0) is 163 Å². The van der Waals surface area contributed by atoms with Gasteiger partial charge in [-0.1, -0.05) is 83.9 Å². The van der Waals surface area contributed by atoms with Gasteiger partial charge in [-0.25, -0.2) is 17.6 Å². The fourth-order valence-corrected chi connectivity index (χ4v) is 35.1. The molecular weight excluding hydrogens is 2410 g/mol. The molecule has 10 heterocycles. The third-order valence-corrected chi connectivity index (χ3v) is 44.4. The number of aryl methyl sites for hydroxylation is 4. The Bertz CT molecular complexity index is 6550. The predicted molar refractivity (Wildman–Crippen MR) is 618 cm³/mol. The summed E-state index contributed by atoms with van der Waals surface area (Å²) in [7, 11) is 3.26. The fourth-order valence-electron chi connectivity index (χ4n) is 15.1. The van der Waals surface area contributed by atoms with Crippen molar-refractivity contribution in [2.75, 3.05) is 30.3 Å². The molecule has 0 radical (unpaired) electrons. The number of likely N-dealkylation sites (tertiary alicyclic amines) is 1. The molecular formula is C96H118Cl3F4IN12O13S14Sn. The number of benzene rings is 4. The molecule has 2 fully saturated rings. The molecule has 2 aliphatic heterocycles. The number of hydrogen-bond acceptors (Lipinski definition) is 27. The van der Waals surface area contributed by atoms with Gasteiger partial charge in [-0.15, -0.1) is 57.8 Å². The van der Waals surface area contributed by atoms with E-state index >= 15 is 4.39 Å². The van der Waals surface area contributed by atoms with Crippen molar-refractivity contribution in [3.63, 3.8) is 0 Å². The number of hydrogen-bond donors (Lipinski definition) is 4. The summed E-state index contributed by atoms with van der Waals surface area (Å²) in [5.74, 6) is -4.98. The fraction of sp³-hybridized carbons (Fsp3) is 0.427. The number of esters is 2. The molecule has 2 aliphatic rings. The monoisotopic (exact) mass is 2520 g/mol. The van der Waals surface area contributed by atoms with E-state index in [-0.39, 0.29) is 130 Å². The molecule has 0 spiro atoms. The number of thiophene rings is 4. The number of carbonyl (C=O) groups is 9. The number of unbranched alkanes of at least 4 members (excludes halogenated alkanes) is 3. The first-order valence-electron chi connectivity index (χ1n) is 44.8. The number of alkyl halides is 2. The van der Waals surface area contributed by atoms with E-state index in [4.69, 9.17) is 42.5 Å². The smallest absolute Gasteiger partial charge is 0.328 e. The molecule has 14 rings (SSSR count). The van der Waals surface area contributed by atoms with E-state index < -0.39 is 89.3 Å². The van der Waals surface area contributed by atoms with Crippen molar-refractivity contribution in [2.45, 2.75) is 244 Å². The first-order chi connectivity index (χ1) is 67.1. The van der Waals surface area contributed by atoms with E-state index in [0.29, 0.717) is 48.3 Å². The Kier molecular flexibility index (Phi) is 56.6. The standard InChI is InChI=1S/C27H23ClF2N4O3S.C17H15ClF2N2O.C14H18N2O3S.C12H15IN2O2S.C10H10N2O3S.C4H7O.3C4H9.ClH.S4.S3.S2.H2S.Sn/c1-14-10-21-26(38-14)25(15(2)35)32-34(21)13-23(36)33-12-16(29)11-22(33)27(37)31-20-9-5-7-18(24(20)30)17-6-3-4-8-19(17)28;18-13-6-2-1-4-11(13)12-5-3-7-14(16(12)20)22-17(23)15-8-10(19)9-21-15;1-8-6-10-13(20-8)12(9(2)17)15-16(10)7-11(18)19-14(3,4)5;1-7-5-8-10(18-7)11(13)14-15(8)6-9(16)17-12(2,3)4;1-5-3-7-10(16-5)9(6(2)13)11-12(7)4-8(14)15;1-3-5-4-2;3*1-3-4-2;;1-3-4-2;1-3-2;1-2;;/h3-10,16,22H,11-13H2,1-2H3,(H,31,37);1-7,10,15,21H,8-9H2,(H,22,23);6H,7H2,1-5H3;5H,6H2,1-4H3;3H,4H2,1-2H3,(H,14,15);1,4H2,2H3;3*1,3-4H2,2H3;1H;;;;1H2;/t16-,22+;10-,15+;;;;;;;;;;;;;/m11............./s1. The molecule has 3 amide bonds. The van der Waals surface area contributed by atoms with Gasteiger partial charge < -0.3 is 35.4 Å². The minimum Gasteiger partial charge on any atom is -0.480 e. The van der Waals surface area contributed by atoms with Gasteiger partial charge in [0.05, 0.1) is 64.8 Å². The Balaban J connectivity index is 0.000000363. The summed E-state index contributed by atoms with van der Waals surface area (Å²) in [6.45, 7) is 36.9. The van der Waals surface area contributed by atoms with E-state index in [1.165, 1.54) is 155 Å². The van der Waals surface area contributed by atoms with Crippen LogP contribution in [0.2, 0.25) is 23.4 Å². The predicted octanol–water partition coefficient (Wildman–Crippen LogP) is 23.9. The molecule has 25 nitrogen and oxygen atoms in total. The molecule has 4 atom stereocenters. The van der Waals surface area contributed by atoms with Gasteiger partial charge in [-0.05, 0) is 140 Å². The van der Waals surface area contributed by atoms with E-state index in [1.54, 1.807) is 93.5 Å². The average molecular weight is 2520 g/mol. The summed E-state index contributed by atoms with van der Waals surface area (Å²) in [5, 5.41) is 34.2. The third-order valence-electron chi connectivity index (χ3n) is 21.2. The molecule has 0 bridgehead atoms. The van der Waals surface area contributed by atoms with E-state index in [2.05, 4.69) is 173 Å². The van der Waals surface area contributed by atoms with Gasteiger partial charge in [0, 0.05) is 186 Å². The van der Waals surface area contributed by atoms with Crippen molar-refractivity contribution in [1.29, 1.82) is 0 Å². The van der Waals surface area contributed by atoms with Crippen molar-refractivity contribution in [3.05, 3.63) is 182 Å². The number of carboxylic acid groups (broad SMARTS) is 1. The first-order valence-corrected chi connectivity index (χ1v) is 65.4. The van der Waals surface area contributed by atoms with E-state index in [1.807, 2.05) is 80.5 Å². The van der Waals surface area contributed by atoms with Crippen LogP contribution in [0.4, 0.5) is 28.9 Å². The Morgan fingerprint density at radius 1 is 0.549 bits per heavy atom. The molecule has 0 unspecified atom stereocenters. The Hall–Kier alpha value is -6.66. The van der Waals surface area contributed by atoms with Gasteiger partial charge >= 0.3 is 138 Å². The van der Waals surface area contributed by atoms with Gasteiger partial charge in [-0.3, -0.25) is 61.9 Å². The van der Waals surface area contributed by atoms with Crippen LogP contribution >= 0.6 is 117 Å². The van der Waals surface area contributed by atoms with Gasteiger partial charge in [-0.2, -0.15) is 33.9 Å². The summed E-state index contributed by atoms with van der Waals surface area (Å²) in [4.78, 5) is 113. The van der Waals surface area contributed by atoms with E-state index in [9.17, 15) is 56.3 Å². The quantitative estimate of drug-likeness (QED) is 0.00845. The molecule has 4 aromatic carbocycles. The van der Waals surface area contributed by atoms with Crippen LogP contribution in [0.5, 0.6) is 0 Å². The maximum atomic E-state index is 15.4. The number of amides is 3. The van der Waals surface area contributed by atoms with Crippen LogP contribution in [0.15, 0.2) is 120 Å². The summed E-state index contributed by atoms with van der Waals surface area (Å²) in [6, 6.07) is 28.7. The molecule has 2 saturated heterocycles. The number of carbonyl (C=O) groups excluding carboxylic acids is 8. The summed E-state index contributed by atoms with van der Waals surface area (Å²) in [5.41, 5.74) is 4.67. The van der Waals surface area contributed by atoms with Gasteiger partial charge in [0.1, 0.15) is 76.5 Å². The maximum Gasteiger partial charge on any atom is 0.328 e. The Morgan fingerprint density at radius 2 is 0.903 bits per heavy atom. The number of aliphatic carboxylic acids is 1. The van der Waals surface area contributed by atoms with Crippen molar-refractivity contribution in [3.8, 4) is 22.3 Å². The van der Waals surface area contributed by atoms with Crippen LogP contribution in [0, 0.1) is 43.0 Å². The Labute approximate surface area is 931 Å². The number of carboxylic acids is 1. The van der Waals surface area contributed by atoms with Gasteiger partial charge in [0.25, 0.3) is 0 Å². The molecule has 12 aromatic rings. The van der Waals surface area contributed by atoms with E-state index in [0.717, 1.165) is 69.4 Å². The van der Waals surface area contributed by atoms with Crippen molar-refractivity contribution in [2.24, 2.45) is 0 Å². The largest absolute Gasteiger partial charge is 0.480 e. The second kappa shape index (κ2) is 62.8. The van der Waals surface area contributed by atoms with Crippen molar-refractivity contribution in [1.82, 2.24) is 49.3 Å². The molecule has 144 heavy (non-hydrogen) atoms. The molecule has 0 aliphatic carbocycles. The average Bonchev–Trinajstić information content (AvgIpc) is 1.63. The molecule has 4 N–H and O–H groups in total. The number of ketones is 3. The zero-order valence-electron chi connectivity index (χ0n) is 82.4. The first kappa shape index (κ1) is 130. The zero-order chi connectivity index (χ0) is 106. The van der Waals surface area contributed by atoms with Gasteiger partial charge in [0.2, 0.25) is 17.7 Å². The summed E-state index contributed by atoms with van der Waals surface area (Å²) in [6.07, 6.45) is 5.52. The normalized spacial score (nSPS) is 13.9. The number of ether oxygens (including phenoxy) is 3. The molecule has 8 aromatic heterocycles. The topological polar surface area (TPSA) is 312 Å². The number of aromatic nitrogens is 8. The molecule has 0 saturated carbocycles. The number of rotatable bonds is 29. The molecule has 784 valence electrons. The summed E-state index contributed by atoms with van der Waals surface area (Å²) >= 11 is 42.6. The van der Waals surface area contributed by atoms with Gasteiger partial charge in [0.15, 0.2) is 29.0 Å². The SMILES string of the molecule is C=[C](OCC)[Sn]([CH2]CCC)([CH2]CCC)[CH2]CCC.CC(=O)c1nn(CC(=O)N2C[C@H](F)C[C@H]2C(=O)Nc2cccc(-c3ccccc3Cl)c2F)c2cc(C)sc12.CC(=O)c1nn(CC(=O)O)c2cc(C)sc12.CC(=O)c1nn(CC(=O)OC(C)(C)C)c2cc(C)sc12.Cc1cc2c(s1)c(I)nn2CC(=O)OC(C)(C)C.Cl.O=C(Nc1cccc(-c2ccccc2Cl)c1F)[C@@H]1C[C@@H](F)CN1.S.S=S.S=S=S.S=S=S=S. The van der Waals surface area contributed by atoms with Crippen LogP contribution in [0.3, 0.4) is 0 Å². The second-order valence-corrected chi connectivity index (χ2v) is 60.0. The number of nitrogens with one attached hydrogen (secondary N) is 3. The summed E-state index contributed by atoms with van der Waals surface area (Å²) < 4.78 is 90.2. The van der Waals surface area contributed by atoms with Crippen LogP contribution in [0.1, 0.15) is 192 Å². The Morgan fingerprint density at radius 3 is 1.25 bits per heavy atom. The zero-order valence-corrected chi connectivity index (χ0v) is 101. The number of halogens is 8. The van der Waals surface area contributed by atoms with Crippen LogP contribution < -0.4 is 16.0 Å². The minimum absolute atomic E-state index is 0. The van der Waals surface area contributed by atoms with Crippen molar-refractivity contribution >= 4 is 334 Å². The molecule has 48 heteroatoms.